The number of nitrogens with zero attached hydrogens (tertiary/aromatic N) is 2. The average molecular weight is 392 g/mol. The fraction of sp³-hybridized carbons (Fsp3) is 0.353. The predicted molar refractivity (Wildman–Crippen MR) is 98.5 cm³/mol. The molecule has 1 aromatic carbocycles. The van der Waals surface area contributed by atoms with Gasteiger partial charge in [-0.25, -0.2) is 17.9 Å². The standard InChI is InChI=1S/C17H20N4O5S/c1-2-26-17(23)14-9-19-21(15(14)18)13-5-3-11(4-6-13)16(22)20-12-7-8-27(24,25)10-12/h3-6,9,12H,2,7-8,10,18H2,1H3,(H,20,22). The average Bonchev–Trinajstić information content (AvgIpc) is 3.17. The number of rotatable bonds is 5. The molecule has 2 aromatic rings. The lowest BCUT2D eigenvalue weighted by Crippen LogP contribution is -2.35. The van der Waals surface area contributed by atoms with Crippen molar-refractivity contribution >= 4 is 27.5 Å². The predicted octanol–water partition coefficient (Wildman–Crippen LogP) is 0.548. The molecule has 1 unspecified atom stereocenters. The van der Waals surface area contributed by atoms with Gasteiger partial charge in [-0.05, 0) is 37.6 Å². The zero-order chi connectivity index (χ0) is 19.6. The third kappa shape index (κ3) is 4.11. The zero-order valence-electron chi connectivity index (χ0n) is 14.7. The summed E-state index contributed by atoms with van der Waals surface area (Å²) in [6.07, 6.45) is 1.75. The monoisotopic (exact) mass is 392 g/mol. The maximum Gasteiger partial charge on any atom is 0.343 e. The van der Waals surface area contributed by atoms with E-state index in [2.05, 4.69) is 10.4 Å². The number of sulfone groups is 1. The summed E-state index contributed by atoms with van der Waals surface area (Å²) in [5, 5.41) is 6.81. The van der Waals surface area contributed by atoms with Gasteiger partial charge in [0.2, 0.25) is 0 Å². The quantitative estimate of drug-likeness (QED) is 0.710. The number of hydrogen-bond acceptors (Lipinski definition) is 7. The van der Waals surface area contributed by atoms with E-state index >= 15 is 0 Å². The van der Waals surface area contributed by atoms with Gasteiger partial charge in [0.25, 0.3) is 5.91 Å². The van der Waals surface area contributed by atoms with E-state index in [1.54, 1.807) is 31.2 Å². The first-order valence-electron chi connectivity index (χ1n) is 8.43. The first-order chi connectivity index (χ1) is 12.8. The number of ether oxygens (including phenoxy) is 1. The molecule has 3 N–H and O–H groups in total. The van der Waals surface area contributed by atoms with E-state index in [0.29, 0.717) is 17.7 Å². The molecule has 0 aliphatic carbocycles. The van der Waals surface area contributed by atoms with E-state index in [4.69, 9.17) is 10.5 Å². The van der Waals surface area contributed by atoms with Crippen molar-refractivity contribution in [2.75, 3.05) is 23.8 Å². The molecule has 0 bridgehead atoms. The summed E-state index contributed by atoms with van der Waals surface area (Å²) in [5.74, 6) is -0.690. The lowest BCUT2D eigenvalue weighted by molar-refractivity contribution is 0.0527. The van der Waals surface area contributed by atoms with Gasteiger partial charge in [0, 0.05) is 11.6 Å². The van der Waals surface area contributed by atoms with Crippen LogP contribution < -0.4 is 11.1 Å². The molecule has 1 aliphatic rings. The van der Waals surface area contributed by atoms with E-state index in [1.165, 1.54) is 10.9 Å². The summed E-state index contributed by atoms with van der Waals surface area (Å²) in [6.45, 7) is 1.93. The Morgan fingerprint density at radius 3 is 2.63 bits per heavy atom. The smallest absolute Gasteiger partial charge is 0.343 e. The van der Waals surface area contributed by atoms with Crippen molar-refractivity contribution in [2.24, 2.45) is 0 Å². The molecule has 3 rings (SSSR count). The fourth-order valence-corrected chi connectivity index (χ4v) is 4.53. The first-order valence-corrected chi connectivity index (χ1v) is 10.2. The summed E-state index contributed by atoms with van der Waals surface area (Å²) in [4.78, 5) is 24.1. The number of amides is 1. The van der Waals surface area contributed by atoms with Crippen molar-refractivity contribution in [1.82, 2.24) is 15.1 Å². The van der Waals surface area contributed by atoms with Crippen LogP contribution in [0, 0.1) is 0 Å². The summed E-state index contributed by atoms with van der Waals surface area (Å²) >= 11 is 0. The van der Waals surface area contributed by atoms with Gasteiger partial charge in [-0.15, -0.1) is 0 Å². The van der Waals surface area contributed by atoms with Gasteiger partial charge in [-0.3, -0.25) is 4.79 Å². The van der Waals surface area contributed by atoms with Gasteiger partial charge in [-0.1, -0.05) is 0 Å². The Kier molecular flexibility index (Phi) is 5.17. The summed E-state index contributed by atoms with van der Waals surface area (Å²) < 4.78 is 29.2. The van der Waals surface area contributed by atoms with Crippen LogP contribution in [-0.4, -0.2) is 54.2 Å². The number of nitrogens with two attached hydrogens (primary N) is 1. The Balaban J connectivity index is 1.72. The number of aromatic nitrogens is 2. The molecule has 1 fully saturated rings. The largest absolute Gasteiger partial charge is 0.462 e. The minimum absolute atomic E-state index is 0.0305. The Morgan fingerprint density at radius 1 is 1.33 bits per heavy atom. The van der Waals surface area contributed by atoms with Crippen molar-refractivity contribution in [3.8, 4) is 5.69 Å². The topological polar surface area (TPSA) is 133 Å². The number of nitrogens with one attached hydrogen (secondary N) is 1. The number of benzene rings is 1. The highest BCUT2D eigenvalue weighted by Crippen LogP contribution is 2.19. The molecule has 1 aromatic heterocycles. The number of esters is 1. The number of nitrogen functional groups attached to an aromatic ring is 1. The summed E-state index contributed by atoms with van der Waals surface area (Å²) in [7, 11) is -3.06. The minimum atomic E-state index is -3.06. The van der Waals surface area contributed by atoms with E-state index in [9.17, 15) is 18.0 Å². The van der Waals surface area contributed by atoms with Gasteiger partial charge in [0.05, 0.1) is 30.0 Å². The maximum atomic E-state index is 12.3. The van der Waals surface area contributed by atoms with Gasteiger partial charge < -0.3 is 15.8 Å². The van der Waals surface area contributed by atoms with Gasteiger partial charge >= 0.3 is 5.97 Å². The second kappa shape index (κ2) is 7.39. The SMILES string of the molecule is CCOC(=O)c1cnn(-c2ccc(C(=O)NC3CCS(=O)(=O)C3)cc2)c1N. The molecule has 1 atom stereocenters. The van der Waals surface area contributed by atoms with Crippen molar-refractivity contribution in [2.45, 2.75) is 19.4 Å². The highest BCUT2D eigenvalue weighted by molar-refractivity contribution is 7.91. The van der Waals surface area contributed by atoms with E-state index in [1.807, 2.05) is 0 Å². The second-order valence-corrected chi connectivity index (χ2v) is 8.42. The maximum absolute atomic E-state index is 12.3. The Labute approximate surface area is 156 Å². The molecule has 1 saturated heterocycles. The van der Waals surface area contributed by atoms with Crippen molar-refractivity contribution < 1.29 is 22.7 Å². The molecular formula is C17H20N4O5S. The third-order valence-electron chi connectivity index (χ3n) is 4.24. The molecule has 1 aliphatic heterocycles. The molecule has 2 heterocycles. The normalized spacial score (nSPS) is 18.2. The molecule has 144 valence electrons. The highest BCUT2D eigenvalue weighted by atomic mass is 32.2. The Hall–Kier alpha value is -2.88. The first kappa shape index (κ1) is 18.9. The van der Waals surface area contributed by atoms with E-state index < -0.39 is 15.8 Å². The highest BCUT2D eigenvalue weighted by Gasteiger charge is 2.29. The van der Waals surface area contributed by atoms with Gasteiger partial charge in [0.15, 0.2) is 9.84 Å². The van der Waals surface area contributed by atoms with Crippen LogP contribution in [0.2, 0.25) is 0 Å². The fourth-order valence-electron chi connectivity index (χ4n) is 2.86. The van der Waals surface area contributed by atoms with Crippen LogP contribution in [0.4, 0.5) is 5.82 Å². The lowest BCUT2D eigenvalue weighted by atomic mass is 10.1. The third-order valence-corrected chi connectivity index (χ3v) is 6.01. The van der Waals surface area contributed by atoms with Gasteiger partial charge in [-0.2, -0.15) is 5.10 Å². The number of carbonyl (C=O) groups is 2. The molecule has 27 heavy (non-hydrogen) atoms. The molecule has 0 saturated carbocycles. The van der Waals surface area contributed by atoms with Gasteiger partial charge in [0.1, 0.15) is 11.4 Å². The summed E-state index contributed by atoms with van der Waals surface area (Å²) in [6, 6.07) is 6.08. The molecule has 0 spiro atoms. The minimum Gasteiger partial charge on any atom is -0.462 e. The van der Waals surface area contributed by atoms with Crippen LogP contribution in [0.25, 0.3) is 5.69 Å². The lowest BCUT2D eigenvalue weighted by Gasteiger charge is -2.11. The van der Waals surface area contributed by atoms with Crippen molar-refractivity contribution in [1.29, 1.82) is 0 Å². The van der Waals surface area contributed by atoms with Crippen LogP contribution in [0.15, 0.2) is 30.5 Å². The molecule has 10 heteroatoms. The number of anilines is 1. The molecule has 0 radical (unpaired) electrons. The van der Waals surface area contributed by atoms with Crippen LogP contribution in [-0.2, 0) is 14.6 Å². The van der Waals surface area contributed by atoms with E-state index in [-0.39, 0.29) is 41.4 Å². The Morgan fingerprint density at radius 2 is 2.04 bits per heavy atom. The van der Waals surface area contributed by atoms with Crippen LogP contribution in [0.5, 0.6) is 0 Å². The Bertz CT molecular complexity index is 966. The molecular weight excluding hydrogens is 372 g/mol. The van der Waals surface area contributed by atoms with E-state index in [0.717, 1.165) is 0 Å². The zero-order valence-corrected chi connectivity index (χ0v) is 15.5. The van der Waals surface area contributed by atoms with Crippen LogP contribution in [0.3, 0.4) is 0 Å². The number of carbonyl (C=O) groups excluding carboxylic acids is 2. The number of hydrogen-bond donors (Lipinski definition) is 2. The molecule has 9 nitrogen and oxygen atoms in total. The summed E-state index contributed by atoms with van der Waals surface area (Å²) in [5.41, 5.74) is 7.09. The van der Waals surface area contributed by atoms with Crippen LogP contribution in [0.1, 0.15) is 34.1 Å². The molecule has 1 amide bonds. The van der Waals surface area contributed by atoms with Crippen LogP contribution >= 0.6 is 0 Å². The van der Waals surface area contributed by atoms with Crippen molar-refractivity contribution in [3.63, 3.8) is 0 Å². The van der Waals surface area contributed by atoms with Crippen molar-refractivity contribution in [3.05, 3.63) is 41.6 Å². The second-order valence-electron chi connectivity index (χ2n) is 6.20.